The van der Waals surface area contributed by atoms with Crippen LogP contribution in [0.25, 0.3) is 0 Å². The number of pyridine rings is 1. The molecule has 1 saturated heterocycles. The second kappa shape index (κ2) is 7.48. The normalized spacial score (nSPS) is 18.2. The number of aliphatic imine (C=N–C) groups is 1. The van der Waals surface area contributed by atoms with E-state index in [-0.39, 0.29) is 34.6 Å². The highest BCUT2D eigenvalue weighted by molar-refractivity contribution is 7.91. The van der Waals surface area contributed by atoms with Crippen LogP contribution < -0.4 is 10.3 Å². The lowest BCUT2D eigenvalue weighted by molar-refractivity contribution is 0.379. The molecule has 3 rings (SSSR count). The highest BCUT2D eigenvalue weighted by Gasteiger charge is 2.33. The number of nitrogens with zero attached hydrogens (tertiary/aromatic N) is 3. The zero-order chi connectivity index (χ0) is 20.5. The van der Waals surface area contributed by atoms with Gasteiger partial charge in [-0.3, -0.25) is 14.4 Å². The van der Waals surface area contributed by atoms with Crippen molar-refractivity contribution in [3.63, 3.8) is 0 Å². The molecular weight excluding hydrogens is 382 g/mol. The third-order valence-electron chi connectivity index (χ3n) is 4.76. The Morgan fingerprint density at radius 1 is 1.43 bits per heavy atom. The zero-order valence-electron chi connectivity index (χ0n) is 15.4. The van der Waals surface area contributed by atoms with Crippen LogP contribution in [0.4, 0.5) is 5.69 Å². The molecule has 1 aromatic heterocycles. The van der Waals surface area contributed by atoms with Gasteiger partial charge in [-0.15, -0.1) is 0 Å². The van der Waals surface area contributed by atoms with Gasteiger partial charge in [0.15, 0.2) is 9.84 Å². The van der Waals surface area contributed by atoms with Gasteiger partial charge < -0.3 is 9.84 Å². The lowest BCUT2D eigenvalue weighted by Crippen LogP contribution is -2.29. The summed E-state index contributed by atoms with van der Waals surface area (Å²) in [6.45, 7) is 1.54. The summed E-state index contributed by atoms with van der Waals surface area (Å²) in [6, 6.07) is 8.08. The van der Waals surface area contributed by atoms with Crippen LogP contribution in [0.3, 0.4) is 0 Å². The van der Waals surface area contributed by atoms with Gasteiger partial charge in [0.25, 0.3) is 5.56 Å². The Balaban J connectivity index is 2.13. The lowest BCUT2D eigenvalue weighted by Gasteiger charge is -2.18. The summed E-state index contributed by atoms with van der Waals surface area (Å²) in [4.78, 5) is 17.0. The van der Waals surface area contributed by atoms with Crippen molar-refractivity contribution in [3.05, 3.63) is 51.3 Å². The zero-order valence-corrected chi connectivity index (χ0v) is 16.2. The maximum atomic E-state index is 12.7. The van der Waals surface area contributed by atoms with Gasteiger partial charge in [-0.1, -0.05) is 6.07 Å². The summed E-state index contributed by atoms with van der Waals surface area (Å²) >= 11 is 0. The molecule has 28 heavy (non-hydrogen) atoms. The van der Waals surface area contributed by atoms with Crippen LogP contribution in [0.1, 0.15) is 29.2 Å². The number of benzene rings is 1. The molecule has 2 heterocycles. The third-order valence-corrected chi connectivity index (χ3v) is 6.51. The van der Waals surface area contributed by atoms with E-state index < -0.39 is 27.3 Å². The number of hydrogen-bond donors (Lipinski definition) is 1. The molecule has 1 atom stereocenters. The molecular formula is C19H19N3O5S. The van der Waals surface area contributed by atoms with E-state index in [9.17, 15) is 23.6 Å². The number of methoxy groups -OCH3 is 1. The molecule has 1 aliphatic heterocycles. The maximum absolute atomic E-state index is 12.7. The minimum Gasteiger partial charge on any atom is -0.497 e. The molecule has 0 saturated carbocycles. The van der Waals surface area contributed by atoms with Gasteiger partial charge in [-0.05, 0) is 31.0 Å². The molecule has 0 bridgehead atoms. The van der Waals surface area contributed by atoms with Crippen molar-refractivity contribution in [2.24, 2.45) is 4.99 Å². The van der Waals surface area contributed by atoms with Crippen molar-refractivity contribution < 1.29 is 18.3 Å². The second-order valence-corrected chi connectivity index (χ2v) is 8.77. The number of nitriles is 1. The quantitative estimate of drug-likeness (QED) is 0.780. The first-order valence-electron chi connectivity index (χ1n) is 8.54. The first kappa shape index (κ1) is 19.6. The van der Waals surface area contributed by atoms with Gasteiger partial charge in [0, 0.05) is 12.3 Å². The van der Waals surface area contributed by atoms with Crippen LogP contribution in [0.15, 0.2) is 34.1 Å². The highest BCUT2D eigenvalue weighted by Crippen LogP contribution is 2.30. The predicted molar refractivity (Wildman–Crippen MR) is 104 cm³/mol. The van der Waals surface area contributed by atoms with Crippen molar-refractivity contribution in [2.45, 2.75) is 19.4 Å². The van der Waals surface area contributed by atoms with E-state index in [2.05, 4.69) is 4.99 Å². The summed E-state index contributed by atoms with van der Waals surface area (Å²) in [5.41, 5.74) is 0.196. The van der Waals surface area contributed by atoms with Crippen LogP contribution in [-0.4, -0.2) is 42.9 Å². The van der Waals surface area contributed by atoms with E-state index in [0.717, 1.165) is 4.57 Å². The van der Waals surface area contributed by atoms with Crippen LogP contribution >= 0.6 is 0 Å². The topological polar surface area (TPSA) is 122 Å². The Kier molecular flexibility index (Phi) is 5.25. The van der Waals surface area contributed by atoms with Crippen molar-refractivity contribution in [1.82, 2.24) is 4.57 Å². The standard InChI is InChI=1S/C19H19N3O5S/c1-12-16(9-20)18(23)22(14-6-7-28(25,26)11-14)19(24)17(12)10-21-13-4-3-5-15(8-13)27-2/h3-5,8,10,14,24H,6-7,11H2,1-2H3/t14-/m1/s1. The molecule has 1 aromatic carbocycles. The van der Waals surface area contributed by atoms with Gasteiger partial charge >= 0.3 is 0 Å². The molecule has 9 heteroatoms. The summed E-state index contributed by atoms with van der Waals surface area (Å²) in [7, 11) is -1.75. The summed E-state index contributed by atoms with van der Waals surface area (Å²) in [6.07, 6.45) is 1.57. The Labute approximate surface area is 162 Å². The fourth-order valence-electron chi connectivity index (χ4n) is 3.24. The largest absolute Gasteiger partial charge is 0.497 e. The fourth-order valence-corrected chi connectivity index (χ4v) is 4.94. The third kappa shape index (κ3) is 3.64. The lowest BCUT2D eigenvalue weighted by atomic mass is 10.0. The number of aromatic nitrogens is 1. The van der Waals surface area contributed by atoms with Crippen LogP contribution in [0.2, 0.25) is 0 Å². The van der Waals surface area contributed by atoms with E-state index in [4.69, 9.17) is 4.74 Å². The average Bonchev–Trinajstić information content (AvgIpc) is 3.01. The minimum atomic E-state index is -3.28. The van der Waals surface area contributed by atoms with Crippen molar-refractivity contribution >= 4 is 21.7 Å². The number of ether oxygens (including phenoxy) is 1. The number of aromatic hydroxyl groups is 1. The Bertz CT molecular complexity index is 1160. The summed E-state index contributed by atoms with van der Waals surface area (Å²) in [5, 5.41) is 20.1. The smallest absolute Gasteiger partial charge is 0.271 e. The van der Waals surface area contributed by atoms with Gasteiger partial charge in [-0.2, -0.15) is 5.26 Å². The molecule has 0 radical (unpaired) electrons. The van der Waals surface area contributed by atoms with Gasteiger partial charge in [-0.25, -0.2) is 8.42 Å². The van der Waals surface area contributed by atoms with E-state index in [1.807, 2.05) is 6.07 Å². The van der Waals surface area contributed by atoms with E-state index in [0.29, 0.717) is 11.4 Å². The maximum Gasteiger partial charge on any atom is 0.271 e. The van der Waals surface area contributed by atoms with Crippen molar-refractivity contribution in [3.8, 4) is 17.7 Å². The first-order valence-corrected chi connectivity index (χ1v) is 10.4. The predicted octanol–water partition coefficient (Wildman–Crippen LogP) is 1.85. The molecule has 146 valence electrons. The molecule has 1 aliphatic rings. The number of rotatable bonds is 4. The average molecular weight is 401 g/mol. The Morgan fingerprint density at radius 3 is 2.79 bits per heavy atom. The van der Waals surface area contributed by atoms with Gasteiger partial charge in [0.1, 0.15) is 17.4 Å². The van der Waals surface area contributed by atoms with Crippen LogP contribution in [-0.2, 0) is 9.84 Å². The number of sulfone groups is 1. The van der Waals surface area contributed by atoms with Crippen LogP contribution in [0.5, 0.6) is 11.6 Å². The molecule has 0 spiro atoms. The van der Waals surface area contributed by atoms with E-state index >= 15 is 0 Å². The van der Waals surface area contributed by atoms with Crippen molar-refractivity contribution in [2.75, 3.05) is 18.6 Å². The molecule has 2 aromatic rings. The fraction of sp³-hybridized carbons (Fsp3) is 0.316. The molecule has 0 unspecified atom stereocenters. The minimum absolute atomic E-state index is 0.0630. The highest BCUT2D eigenvalue weighted by atomic mass is 32.2. The van der Waals surface area contributed by atoms with Crippen LogP contribution in [0, 0.1) is 18.3 Å². The monoisotopic (exact) mass is 401 g/mol. The van der Waals surface area contributed by atoms with Crippen molar-refractivity contribution in [1.29, 1.82) is 5.26 Å². The first-order chi connectivity index (χ1) is 13.3. The molecule has 1 N–H and O–H groups in total. The number of hydrogen-bond acceptors (Lipinski definition) is 7. The van der Waals surface area contributed by atoms with Gasteiger partial charge in [0.2, 0.25) is 5.88 Å². The van der Waals surface area contributed by atoms with E-state index in [1.54, 1.807) is 31.2 Å². The molecule has 8 nitrogen and oxygen atoms in total. The molecule has 0 amide bonds. The second-order valence-electron chi connectivity index (χ2n) is 6.54. The Hall–Kier alpha value is -3.12. The SMILES string of the molecule is COc1cccc(N=Cc2c(C)c(C#N)c(=O)n([C@@H]3CCS(=O)(=O)C3)c2O)c1. The summed E-state index contributed by atoms with van der Waals surface area (Å²) in [5.74, 6) is -0.0994. The summed E-state index contributed by atoms with van der Waals surface area (Å²) < 4.78 is 29.8. The molecule has 0 aliphatic carbocycles. The van der Waals surface area contributed by atoms with E-state index in [1.165, 1.54) is 13.3 Å². The van der Waals surface area contributed by atoms with Gasteiger partial charge in [0.05, 0.1) is 35.9 Å². The molecule has 1 fully saturated rings. The Morgan fingerprint density at radius 2 is 2.18 bits per heavy atom.